The monoisotopic (exact) mass is 2110 g/mol. The summed E-state index contributed by atoms with van der Waals surface area (Å²) in [4.78, 5) is 99.1. The summed E-state index contributed by atoms with van der Waals surface area (Å²) >= 11 is 15.5. The van der Waals surface area contributed by atoms with Crippen molar-refractivity contribution in [2.24, 2.45) is 0 Å². The van der Waals surface area contributed by atoms with Crippen LogP contribution in [0.1, 0.15) is 181 Å². The number of carbonyl (C=O) groups is 3. The molecule has 0 bridgehead atoms. The van der Waals surface area contributed by atoms with Crippen LogP contribution in [0.2, 0.25) is 0 Å². The van der Waals surface area contributed by atoms with E-state index < -0.39 is 5.24 Å². The van der Waals surface area contributed by atoms with Gasteiger partial charge in [0.1, 0.15) is 76.1 Å². The molecule has 0 spiro atoms. The summed E-state index contributed by atoms with van der Waals surface area (Å²) in [6, 6.07) is 67.9. The number of aryl methyl sites for hydroxylation is 3. The van der Waals surface area contributed by atoms with E-state index in [1.165, 1.54) is 41.3 Å². The Hall–Kier alpha value is -14.9. The predicted octanol–water partition coefficient (Wildman–Crippen LogP) is 26.4. The Morgan fingerprint density at radius 1 is 0.387 bits per heavy atom. The van der Waals surface area contributed by atoms with Crippen molar-refractivity contribution in [3.05, 3.63) is 373 Å². The van der Waals surface area contributed by atoms with E-state index >= 15 is 0 Å². The lowest BCUT2D eigenvalue weighted by Gasteiger charge is -2.24. The molecule has 0 atom stereocenters. The SMILES string of the molecule is CC.CC.CC.CC.CC.CC.CC.CC.CC.COc1ccc(CN(C(=O)CCl)c2ccc(-n3c(=O)ccc4ccc(C)cc43)nc2)c(OC)c1.COc1ccc(CN(C(=O)COCc2cncn2Cc2cccc(F)c2)c2ccc(-n3c(=O)ccc4ccc(C)cc43)nc2)c(OC)c1.COc1ccc(CNc2ccc(-n3c(=O)ccc4ccc(C)cc43)nc2)c(OC)c1.O=C(Cl)CCl.OCc1cncn1Cc1cccc(F)c1. The largest absolute Gasteiger partial charge is 0.497 e. The van der Waals surface area contributed by atoms with Crippen LogP contribution in [0.3, 0.4) is 0 Å². The lowest BCUT2D eigenvalue weighted by Crippen LogP contribution is -2.34. The topological polar surface area (TPSA) is 295 Å². The van der Waals surface area contributed by atoms with Crippen molar-refractivity contribution in [2.45, 2.75) is 191 Å². The van der Waals surface area contributed by atoms with Crippen LogP contribution in [0.15, 0.2) is 289 Å². The molecule has 8 heterocycles. The van der Waals surface area contributed by atoms with Gasteiger partial charge < -0.3 is 62.5 Å². The summed E-state index contributed by atoms with van der Waals surface area (Å²) < 4.78 is 73.3. The molecule has 804 valence electrons. The van der Waals surface area contributed by atoms with Crippen molar-refractivity contribution in [1.82, 2.24) is 47.8 Å². The molecule has 0 aliphatic carbocycles. The number of nitrogens with zero attached hydrogens (tertiary/aromatic N) is 12. The standard InChI is InChI=1S/C37H34FN5O5.C26H24ClN3O4.C24H23N3O3.C11H11FN2O.C2H2Cl2O.9C2H6/c1-25-7-8-27-10-14-36(44)43(33(27)15-25)35-13-11-30(19-40-35)42(21-28-9-12-32(46-2)17-34(28)47-3)37(45)23-48-22-31-18-39-24-41(31)20-26-5-4-6-29(38)16-26;1-17-4-5-18-7-11-25(31)30(22(18)12-17)24-10-8-20(15-28-24)29(26(32)14-27)16-19-6-9-21(33-2)13-23(19)34-3;1-16-4-5-17-7-11-24(28)27(21(17)12-16)23-10-8-19(15-26-23)25-14-18-6-9-20(29-2)13-22(18)30-3;12-10-3-1-2-9(4-10)6-14-8-13-5-11(14)7-15;3-1-2(4)5;9*1-2/h4-19,24H,20-23H2,1-3H3;4-13,15H,14,16H2,1-3H3;4-13,15,25H,14H2,1-3H3;1-5,8,15H,6-7H2;1H2;9*1-2H3. The second-order valence-corrected chi connectivity index (χ2v) is 30.7. The number of methoxy groups -OCH3 is 6. The van der Waals surface area contributed by atoms with Crippen molar-refractivity contribution in [3.63, 3.8) is 0 Å². The maximum absolute atomic E-state index is 13.8. The Morgan fingerprint density at radius 2 is 0.733 bits per heavy atom. The van der Waals surface area contributed by atoms with Gasteiger partial charge in [0.2, 0.25) is 11.1 Å². The number of alkyl halides is 2. The van der Waals surface area contributed by atoms with E-state index in [9.17, 15) is 37.5 Å². The van der Waals surface area contributed by atoms with E-state index in [0.29, 0.717) is 71.5 Å². The zero-order chi connectivity index (χ0) is 112. The number of hydrogen-bond acceptors (Lipinski definition) is 20. The molecular weight excluding hydrogens is 1970 g/mol. The molecule has 0 radical (unpaired) electrons. The van der Waals surface area contributed by atoms with Gasteiger partial charge >= 0.3 is 0 Å². The lowest BCUT2D eigenvalue weighted by atomic mass is 10.1. The number of halogens is 5. The molecular formula is C118H148Cl3F2N13O14. The zero-order valence-electron chi connectivity index (χ0n) is 91.6. The third-order valence-corrected chi connectivity index (χ3v) is 21.6. The first-order valence-electron chi connectivity index (χ1n) is 50.1. The van der Waals surface area contributed by atoms with E-state index in [0.717, 1.165) is 106 Å². The minimum absolute atomic E-state index is 0.0602. The van der Waals surface area contributed by atoms with Gasteiger partial charge in [-0.2, -0.15) is 0 Å². The number of aliphatic hydroxyl groups excluding tert-OH is 1. The number of aliphatic hydroxyl groups is 1. The second-order valence-electron chi connectivity index (χ2n) is 29.8. The van der Waals surface area contributed by atoms with Gasteiger partial charge in [-0.25, -0.2) is 33.7 Å². The number of hydrogen-bond donors (Lipinski definition) is 2. The Bertz CT molecular complexity index is 6910. The minimum Gasteiger partial charge on any atom is -0.497 e. The highest BCUT2D eigenvalue weighted by molar-refractivity contribution is 6.67. The van der Waals surface area contributed by atoms with E-state index in [1.807, 2.05) is 265 Å². The van der Waals surface area contributed by atoms with Crippen molar-refractivity contribution < 1.29 is 61.4 Å². The number of aromatic nitrogens is 10. The first kappa shape index (κ1) is 129. The molecule has 8 aromatic heterocycles. The molecule has 0 aliphatic rings. The number of anilines is 3. The fourth-order valence-electron chi connectivity index (χ4n) is 14.1. The van der Waals surface area contributed by atoms with Gasteiger partial charge in [0.05, 0.1) is 163 Å². The number of imidazole rings is 2. The molecule has 16 rings (SSSR count). The van der Waals surface area contributed by atoms with Crippen LogP contribution in [-0.2, 0) is 65.1 Å². The molecule has 0 saturated heterocycles. The fraction of sp³-hybridized carbons (Fsp3) is 0.314. The Balaban J connectivity index is 0.000000502. The molecule has 32 heteroatoms. The van der Waals surface area contributed by atoms with Gasteiger partial charge in [0, 0.05) is 72.7 Å². The first-order chi connectivity index (χ1) is 72.9. The average molecular weight is 2120 g/mol. The van der Waals surface area contributed by atoms with Gasteiger partial charge in [-0.05, 0) is 210 Å². The van der Waals surface area contributed by atoms with Crippen LogP contribution >= 0.6 is 34.8 Å². The molecule has 16 aromatic rings. The van der Waals surface area contributed by atoms with Gasteiger partial charge in [-0.15, -0.1) is 23.2 Å². The smallest absolute Gasteiger partial charge is 0.256 e. The number of amides is 2. The number of carbonyl (C=O) groups excluding carboxylic acids is 3. The third kappa shape index (κ3) is 38.7. The molecule has 0 unspecified atom stereocenters. The lowest BCUT2D eigenvalue weighted by molar-refractivity contribution is -0.123. The number of benzene rings is 8. The molecule has 150 heavy (non-hydrogen) atoms. The predicted molar refractivity (Wildman–Crippen MR) is 610 cm³/mol. The van der Waals surface area contributed by atoms with Crippen molar-refractivity contribution in [1.29, 1.82) is 0 Å². The van der Waals surface area contributed by atoms with E-state index in [4.69, 9.17) is 73.1 Å². The van der Waals surface area contributed by atoms with Crippen LogP contribution in [0.25, 0.3) is 50.2 Å². The van der Waals surface area contributed by atoms with E-state index in [-0.39, 0.29) is 84.8 Å². The summed E-state index contributed by atoms with van der Waals surface area (Å²) in [7, 11) is 9.53. The molecule has 27 nitrogen and oxygen atoms in total. The van der Waals surface area contributed by atoms with Gasteiger partial charge in [0.25, 0.3) is 22.6 Å². The van der Waals surface area contributed by atoms with Crippen molar-refractivity contribution in [3.8, 4) is 52.0 Å². The molecule has 2 N–H and O–H groups in total. The Kier molecular flexibility index (Phi) is 61.8. The molecule has 0 fully saturated rings. The first-order valence-corrected chi connectivity index (χ1v) is 51.6. The minimum atomic E-state index is -0.508. The van der Waals surface area contributed by atoms with Crippen molar-refractivity contribution >= 4 is 102 Å². The third-order valence-electron chi connectivity index (χ3n) is 20.8. The normalized spacial score (nSPS) is 9.82. The molecule has 8 aromatic carbocycles. The van der Waals surface area contributed by atoms with Crippen LogP contribution in [0.5, 0.6) is 34.5 Å². The van der Waals surface area contributed by atoms with Crippen LogP contribution in [0, 0.1) is 32.4 Å². The van der Waals surface area contributed by atoms with Crippen LogP contribution < -0.4 is 60.2 Å². The van der Waals surface area contributed by atoms with E-state index in [2.05, 4.69) is 30.2 Å². The van der Waals surface area contributed by atoms with Gasteiger partial charge in [-0.1, -0.05) is 185 Å². The number of nitrogens with one attached hydrogen (secondary N) is 1. The van der Waals surface area contributed by atoms with Crippen LogP contribution in [0.4, 0.5) is 25.8 Å². The van der Waals surface area contributed by atoms with Gasteiger partial charge in [-0.3, -0.25) is 42.5 Å². The molecule has 0 saturated carbocycles. The number of ether oxygens (including phenoxy) is 7. The Labute approximate surface area is 897 Å². The molecule has 2 amide bonds. The Morgan fingerprint density at radius 3 is 1.07 bits per heavy atom. The summed E-state index contributed by atoms with van der Waals surface area (Å²) in [5.41, 5.74) is 12.5. The van der Waals surface area contributed by atoms with E-state index in [1.54, 1.807) is 188 Å². The summed E-state index contributed by atoms with van der Waals surface area (Å²) in [6.45, 7) is 43.6. The van der Waals surface area contributed by atoms with Crippen molar-refractivity contribution in [2.75, 3.05) is 76.1 Å². The summed E-state index contributed by atoms with van der Waals surface area (Å²) in [5, 5.41) is 14.7. The molecule has 0 aliphatic heterocycles. The van der Waals surface area contributed by atoms with Gasteiger partial charge in [0.15, 0.2) is 0 Å². The number of pyridine rings is 6. The maximum Gasteiger partial charge on any atom is 0.256 e. The highest BCUT2D eigenvalue weighted by Crippen LogP contribution is 2.33. The number of fused-ring (bicyclic) bond motifs is 3. The van der Waals surface area contributed by atoms with Crippen LogP contribution in [-0.4, -0.2) is 131 Å². The fourth-order valence-corrected chi connectivity index (χ4v) is 14.3. The number of rotatable bonds is 29. The highest BCUT2D eigenvalue weighted by Gasteiger charge is 2.24. The summed E-state index contributed by atoms with van der Waals surface area (Å²) in [6.07, 6.45) is 11.4. The second kappa shape index (κ2) is 71.7. The average Bonchev–Trinajstić information content (AvgIpc) is 0.884. The zero-order valence-corrected chi connectivity index (χ0v) is 93.8. The maximum atomic E-state index is 13.8. The summed E-state index contributed by atoms with van der Waals surface area (Å²) in [5.74, 6) is 3.93. The highest BCUT2D eigenvalue weighted by atomic mass is 35.5. The quantitative estimate of drug-likeness (QED) is 0.0325.